The molecule has 0 aliphatic heterocycles. The summed E-state index contributed by atoms with van der Waals surface area (Å²) in [6.07, 6.45) is 2.11. The molecule has 2 heterocycles. The normalized spacial score (nSPS) is 11.0. The fourth-order valence-electron chi connectivity index (χ4n) is 3.14. The second kappa shape index (κ2) is 7.07. The van der Waals surface area contributed by atoms with Gasteiger partial charge in [-0.3, -0.25) is 9.89 Å². The van der Waals surface area contributed by atoms with Gasteiger partial charge >= 0.3 is 0 Å². The molecule has 27 heavy (non-hydrogen) atoms. The minimum absolute atomic E-state index is 0.0128. The Bertz CT molecular complexity index is 1120. The van der Waals surface area contributed by atoms with Crippen molar-refractivity contribution in [1.29, 1.82) is 0 Å². The van der Waals surface area contributed by atoms with Crippen LogP contribution in [0.3, 0.4) is 0 Å². The number of nitrogens with one attached hydrogen (secondary N) is 2. The molecule has 4 rings (SSSR count). The molecule has 0 fully saturated rings. The molecule has 0 aliphatic carbocycles. The second-order valence-corrected chi connectivity index (χ2v) is 6.80. The van der Waals surface area contributed by atoms with Crippen molar-refractivity contribution in [2.75, 3.05) is 19.0 Å². The lowest BCUT2D eigenvalue weighted by Crippen LogP contribution is -2.25. The number of hydrogen-bond acceptors (Lipinski definition) is 4. The van der Waals surface area contributed by atoms with E-state index in [4.69, 9.17) is 0 Å². The molecule has 0 radical (unpaired) electrons. The third-order valence-corrected chi connectivity index (χ3v) is 4.59. The molecule has 4 aromatic rings. The number of hydrogen-bond donors (Lipinski definition) is 2. The van der Waals surface area contributed by atoms with E-state index in [2.05, 4.69) is 20.5 Å². The third-order valence-electron chi connectivity index (χ3n) is 4.59. The molecule has 6 nitrogen and oxygen atoms in total. The molecule has 136 valence electrons. The van der Waals surface area contributed by atoms with Gasteiger partial charge in [-0.1, -0.05) is 30.3 Å². The summed E-state index contributed by atoms with van der Waals surface area (Å²) in [6.45, 7) is 0.467. The minimum Gasteiger partial charge on any atom is -0.363 e. The SMILES string of the molecule is CN(C)c1cc(CNC(=O)Cc2ccc3cn[nH]c3c2)c2ccccc2n1. The Hall–Kier alpha value is -3.41. The van der Waals surface area contributed by atoms with Crippen LogP contribution in [0.15, 0.2) is 54.7 Å². The first-order valence-corrected chi connectivity index (χ1v) is 8.85. The number of aromatic nitrogens is 3. The van der Waals surface area contributed by atoms with Crippen molar-refractivity contribution >= 4 is 33.5 Å². The number of H-pyrrole nitrogens is 1. The van der Waals surface area contributed by atoms with E-state index in [9.17, 15) is 4.79 Å². The molecule has 0 bridgehead atoms. The van der Waals surface area contributed by atoms with E-state index < -0.39 is 0 Å². The largest absolute Gasteiger partial charge is 0.363 e. The molecule has 2 N–H and O–H groups in total. The van der Waals surface area contributed by atoms with Gasteiger partial charge in [0.1, 0.15) is 5.82 Å². The average Bonchev–Trinajstić information content (AvgIpc) is 3.13. The highest BCUT2D eigenvalue weighted by Gasteiger charge is 2.10. The Morgan fingerprint density at radius 2 is 2.00 bits per heavy atom. The van der Waals surface area contributed by atoms with Gasteiger partial charge in [0, 0.05) is 31.4 Å². The summed E-state index contributed by atoms with van der Waals surface area (Å²) in [5.74, 6) is 0.865. The summed E-state index contributed by atoms with van der Waals surface area (Å²) >= 11 is 0. The van der Waals surface area contributed by atoms with Crippen LogP contribution in [0.4, 0.5) is 5.82 Å². The minimum atomic E-state index is -0.0128. The van der Waals surface area contributed by atoms with Crippen LogP contribution >= 0.6 is 0 Å². The summed E-state index contributed by atoms with van der Waals surface area (Å²) in [5, 5.41) is 12.1. The van der Waals surface area contributed by atoms with Crippen molar-refractivity contribution in [2.24, 2.45) is 0 Å². The number of benzene rings is 2. The van der Waals surface area contributed by atoms with Gasteiger partial charge in [0.2, 0.25) is 5.91 Å². The molecule has 2 aromatic carbocycles. The highest BCUT2D eigenvalue weighted by Crippen LogP contribution is 2.22. The summed E-state index contributed by atoms with van der Waals surface area (Å²) < 4.78 is 0. The molecular weight excluding hydrogens is 338 g/mol. The van der Waals surface area contributed by atoms with Gasteiger partial charge in [-0.15, -0.1) is 0 Å². The molecule has 0 aliphatic rings. The van der Waals surface area contributed by atoms with Crippen molar-refractivity contribution in [2.45, 2.75) is 13.0 Å². The maximum Gasteiger partial charge on any atom is 0.224 e. The van der Waals surface area contributed by atoms with Gasteiger partial charge < -0.3 is 10.2 Å². The van der Waals surface area contributed by atoms with E-state index in [1.165, 1.54) is 0 Å². The average molecular weight is 359 g/mol. The van der Waals surface area contributed by atoms with Gasteiger partial charge in [-0.25, -0.2) is 4.98 Å². The number of carbonyl (C=O) groups is 1. The zero-order chi connectivity index (χ0) is 18.8. The van der Waals surface area contributed by atoms with Crippen LogP contribution in [0.25, 0.3) is 21.8 Å². The van der Waals surface area contributed by atoms with Crippen molar-refractivity contribution in [3.8, 4) is 0 Å². The Kier molecular flexibility index (Phi) is 4.46. The summed E-state index contributed by atoms with van der Waals surface area (Å²) in [7, 11) is 3.93. The third kappa shape index (κ3) is 3.60. The fourth-order valence-corrected chi connectivity index (χ4v) is 3.14. The first-order chi connectivity index (χ1) is 13.1. The van der Waals surface area contributed by atoms with Gasteiger partial charge in [0.25, 0.3) is 0 Å². The molecule has 0 saturated carbocycles. The van der Waals surface area contributed by atoms with Crippen LogP contribution in [-0.4, -0.2) is 35.2 Å². The van der Waals surface area contributed by atoms with E-state index in [0.29, 0.717) is 13.0 Å². The van der Waals surface area contributed by atoms with E-state index in [-0.39, 0.29) is 5.91 Å². The monoisotopic (exact) mass is 359 g/mol. The number of para-hydroxylation sites is 1. The Balaban J connectivity index is 1.51. The number of amides is 1. The Morgan fingerprint density at radius 3 is 2.85 bits per heavy atom. The smallest absolute Gasteiger partial charge is 0.224 e. The lowest BCUT2D eigenvalue weighted by Gasteiger charge is -2.15. The topological polar surface area (TPSA) is 73.9 Å². The maximum atomic E-state index is 12.5. The summed E-state index contributed by atoms with van der Waals surface area (Å²) in [4.78, 5) is 19.1. The number of anilines is 1. The van der Waals surface area contributed by atoms with Gasteiger partial charge in [-0.2, -0.15) is 5.10 Å². The lowest BCUT2D eigenvalue weighted by molar-refractivity contribution is -0.120. The zero-order valence-corrected chi connectivity index (χ0v) is 15.4. The quantitative estimate of drug-likeness (QED) is 0.574. The lowest BCUT2D eigenvalue weighted by atomic mass is 10.1. The van der Waals surface area contributed by atoms with Crippen molar-refractivity contribution < 1.29 is 4.79 Å². The first kappa shape index (κ1) is 17.0. The number of nitrogens with zero attached hydrogens (tertiary/aromatic N) is 3. The van der Waals surface area contributed by atoms with Crippen LogP contribution in [0, 0.1) is 0 Å². The predicted octanol–water partition coefficient (Wildman–Crippen LogP) is 3.04. The molecule has 1 amide bonds. The van der Waals surface area contributed by atoms with Crippen LogP contribution < -0.4 is 10.2 Å². The zero-order valence-electron chi connectivity index (χ0n) is 15.4. The molecule has 0 saturated heterocycles. The van der Waals surface area contributed by atoms with E-state index >= 15 is 0 Å². The van der Waals surface area contributed by atoms with Crippen molar-refractivity contribution in [3.63, 3.8) is 0 Å². The first-order valence-electron chi connectivity index (χ1n) is 8.85. The molecule has 0 spiro atoms. The number of rotatable bonds is 5. The van der Waals surface area contributed by atoms with Gasteiger partial charge in [0.15, 0.2) is 0 Å². The molecular formula is C21H21N5O. The Morgan fingerprint density at radius 1 is 1.15 bits per heavy atom. The highest BCUT2D eigenvalue weighted by molar-refractivity contribution is 5.86. The van der Waals surface area contributed by atoms with Gasteiger partial charge in [-0.05, 0) is 29.3 Å². The predicted molar refractivity (Wildman–Crippen MR) is 108 cm³/mol. The fraction of sp³-hybridized carbons (Fsp3) is 0.190. The number of carbonyl (C=O) groups excluding carboxylic acids is 1. The maximum absolute atomic E-state index is 12.5. The van der Waals surface area contributed by atoms with Crippen LogP contribution in [0.2, 0.25) is 0 Å². The molecule has 6 heteroatoms. The summed E-state index contributed by atoms with van der Waals surface area (Å²) in [5.41, 5.74) is 3.88. The highest BCUT2D eigenvalue weighted by atomic mass is 16.1. The van der Waals surface area contributed by atoms with Gasteiger partial charge in [0.05, 0.1) is 23.7 Å². The van der Waals surface area contributed by atoms with E-state index in [1.54, 1.807) is 6.20 Å². The van der Waals surface area contributed by atoms with Crippen LogP contribution in [0.1, 0.15) is 11.1 Å². The summed E-state index contributed by atoms with van der Waals surface area (Å²) in [6, 6.07) is 15.9. The number of fused-ring (bicyclic) bond motifs is 2. The number of pyridine rings is 1. The van der Waals surface area contributed by atoms with E-state index in [1.807, 2.05) is 67.5 Å². The second-order valence-electron chi connectivity index (χ2n) is 6.80. The molecule has 0 atom stereocenters. The van der Waals surface area contributed by atoms with Crippen molar-refractivity contribution in [3.05, 3.63) is 65.9 Å². The van der Waals surface area contributed by atoms with Crippen molar-refractivity contribution in [1.82, 2.24) is 20.5 Å². The standard InChI is InChI=1S/C21H21N5O/c1-26(2)20-11-16(17-5-3-4-6-18(17)24-20)12-22-21(27)10-14-7-8-15-13-23-25-19(15)9-14/h3-9,11,13H,10,12H2,1-2H3,(H,22,27)(H,23,25). The molecule has 0 unspecified atom stereocenters. The van der Waals surface area contributed by atoms with Crippen LogP contribution in [-0.2, 0) is 17.8 Å². The van der Waals surface area contributed by atoms with E-state index in [0.717, 1.165) is 38.8 Å². The van der Waals surface area contributed by atoms with Crippen LogP contribution in [0.5, 0.6) is 0 Å². The Labute approximate surface area is 157 Å². The number of aromatic amines is 1. The molecule has 2 aromatic heterocycles.